The second-order valence-corrected chi connectivity index (χ2v) is 3.97. The molecule has 0 N–H and O–H groups in total. The highest BCUT2D eigenvalue weighted by molar-refractivity contribution is 4.77. The molecule has 1 saturated carbocycles. The van der Waals surface area contributed by atoms with Crippen molar-refractivity contribution in [1.29, 1.82) is 0 Å². The Morgan fingerprint density at radius 2 is 1.62 bits per heavy atom. The topological polar surface area (TPSA) is 9.23 Å². The van der Waals surface area contributed by atoms with Crippen molar-refractivity contribution in [1.82, 2.24) is 0 Å². The fourth-order valence-electron chi connectivity index (χ4n) is 2.18. The van der Waals surface area contributed by atoms with Gasteiger partial charge in [0.05, 0.1) is 6.10 Å². The summed E-state index contributed by atoms with van der Waals surface area (Å²) in [6.45, 7) is 8.62. The highest BCUT2D eigenvalue weighted by Crippen LogP contribution is 2.31. The Morgan fingerprint density at radius 1 is 1.08 bits per heavy atom. The first-order valence-electron chi connectivity index (χ1n) is 5.78. The smallest absolute Gasteiger partial charge is 0.0601 e. The van der Waals surface area contributed by atoms with Gasteiger partial charge in [-0.1, -0.05) is 40.5 Å². The zero-order valence-corrected chi connectivity index (χ0v) is 9.97. The van der Waals surface area contributed by atoms with Crippen LogP contribution in [0.3, 0.4) is 0 Å². The molecule has 2 unspecified atom stereocenters. The van der Waals surface area contributed by atoms with Gasteiger partial charge in [-0.05, 0) is 24.7 Å². The molecule has 0 amide bonds. The van der Waals surface area contributed by atoms with E-state index in [9.17, 15) is 0 Å². The Hall–Kier alpha value is -0.0400. The van der Waals surface area contributed by atoms with Crippen molar-refractivity contribution in [2.24, 2.45) is 11.8 Å². The molecule has 1 fully saturated rings. The van der Waals surface area contributed by atoms with Gasteiger partial charge in [-0.15, -0.1) is 0 Å². The monoisotopic (exact) mass is 186 g/mol. The number of rotatable bonds is 2. The standard InChI is InChI=1S/C10H20O.C2H6/c1-8(2)9-6-4-5-7-10(9)11-3;1-2/h8-10H,4-7H2,1-3H3;1-2H3. The SMILES string of the molecule is CC.COC1CCCCC1C(C)C. The first-order chi connectivity index (χ1) is 6.25. The molecule has 0 aromatic rings. The van der Waals surface area contributed by atoms with Gasteiger partial charge in [0, 0.05) is 7.11 Å². The Morgan fingerprint density at radius 3 is 2.00 bits per heavy atom. The van der Waals surface area contributed by atoms with Crippen LogP contribution < -0.4 is 0 Å². The third kappa shape index (κ3) is 4.12. The summed E-state index contributed by atoms with van der Waals surface area (Å²) in [5, 5.41) is 0. The molecule has 0 radical (unpaired) electrons. The van der Waals surface area contributed by atoms with Gasteiger partial charge in [-0.3, -0.25) is 0 Å². The fraction of sp³-hybridized carbons (Fsp3) is 1.00. The Kier molecular flexibility index (Phi) is 7.35. The minimum absolute atomic E-state index is 0.545. The fourth-order valence-corrected chi connectivity index (χ4v) is 2.18. The quantitative estimate of drug-likeness (QED) is 0.636. The van der Waals surface area contributed by atoms with Crippen LogP contribution in [0.4, 0.5) is 0 Å². The van der Waals surface area contributed by atoms with Crippen molar-refractivity contribution < 1.29 is 4.74 Å². The van der Waals surface area contributed by atoms with Gasteiger partial charge in [0.25, 0.3) is 0 Å². The van der Waals surface area contributed by atoms with Gasteiger partial charge in [0.2, 0.25) is 0 Å². The third-order valence-electron chi connectivity index (χ3n) is 2.91. The first kappa shape index (κ1) is 13.0. The predicted octanol–water partition coefficient (Wildman–Crippen LogP) is 3.87. The molecule has 0 aromatic heterocycles. The highest BCUT2D eigenvalue weighted by atomic mass is 16.5. The second kappa shape index (κ2) is 7.37. The van der Waals surface area contributed by atoms with E-state index in [-0.39, 0.29) is 0 Å². The zero-order valence-electron chi connectivity index (χ0n) is 9.97. The van der Waals surface area contributed by atoms with Gasteiger partial charge in [-0.2, -0.15) is 0 Å². The van der Waals surface area contributed by atoms with E-state index in [0.29, 0.717) is 6.10 Å². The molecule has 80 valence electrons. The lowest BCUT2D eigenvalue weighted by atomic mass is 9.79. The summed E-state index contributed by atoms with van der Waals surface area (Å²) in [6.07, 6.45) is 5.96. The summed E-state index contributed by atoms with van der Waals surface area (Å²) in [7, 11) is 1.85. The highest BCUT2D eigenvalue weighted by Gasteiger charge is 2.26. The molecular weight excluding hydrogens is 160 g/mol. The molecule has 2 atom stereocenters. The molecule has 0 aromatic carbocycles. The van der Waals surface area contributed by atoms with E-state index < -0.39 is 0 Å². The van der Waals surface area contributed by atoms with Crippen LogP contribution in [0.1, 0.15) is 53.4 Å². The van der Waals surface area contributed by atoms with Crippen molar-refractivity contribution in [3.63, 3.8) is 0 Å². The lowest BCUT2D eigenvalue weighted by molar-refractivity contribution is 0.00526. The average Bonchev–Trinajstić information content (AvgIpc) is 2.20. The lowest BCUT2D eigenvalue weighted by Gasteiger charge is -2.33. The number of hydrogen-bond donors (Lipinski definition) is 0. The molecule has 1 aliphatic rings. The van der Waals surface area contributed by atoms with E-state index in [2.05, 4.69) is 13.8 Å². The minimum atomic E-state index is 0.545. The molecule has 0 saturated heterocycles. The van der Waals surface area contributed by atoms with Crippen LogP contribution in [-0.4, -0.2) is 13.2 Å². The van der Waals surface area contributed by atoms with Crippen molar-refractivity contribution in [3.8, 4) is 0 Å². The maximum absolute atomic E-state index is 5.47. The molecule has 1 rings (SSSR count). The Balaban J connectivity index is 0.000000671. The van der Waals surface area contributed by atoms with E-state index in [1.165, 1.54) is 25.7 Å². The van der Waals surface area contributed by atoms with Crippen LogP contribution in [0.15, 0.2) is 0 Å². The minimum Gasteiger partial charge on any atom is -0.381 e. The van der Waals surface area contributed by atoms with E-state index in [1.54, 1.807) is 0 Å². The first-order valence-corrected chi connectivity index (χ1v) is 5.78. The second-order valence-electron chi connectivity index (χ2n) is 3.97. The normalized spacial score (nSPS) is 28.2. The Labute approximate surface area is 83.9 Å². The summed E-state index contributed by atoms with van der Waals surface area (Å²) < 4.78 is 5.47. The van der Waals surface area contributed by atoms with E-state index in [1.807, 2.05) is 21.0 Å². The molecule has 0 bridgehead atoms. The van der Waals surface area contributed by atoms with E-state index in [4.69, 9.17) is 4.74 Å². The summed E-state index contributed by atoms with van der Waals surface area (Å²) >= 11 is 0. The molecule has 0 spiro atoms. The lowest BCUT2D eigenvalue weighted by Crippen LogP contribution is -2.30. The van der Waals surface area contributed by atoms with Crippen LogP contribution in [0.5, 0.6) is 0 Å². The van der Waals surface area contributed by atoms with Gasteiger partial charge in [-0.25, -0.2) is 0 Å². The molecule has 1 aliphatic carbocycles. The molecule has 1 heteroatoms. The van der Waals surface area contributed by atoms with Crippen LogP contribution >= 0.6 is 0 Å². The molecule has 13 heavy (non-hydrogen) atoms. The van der Waals surface area contributed by atoms with Gasteiger partial charge in [0.15, 0.2) is 0 Å². The third-order valence-corrected chi connectivity index (χ3v) is 2.91. The Bertz CT molecular complexity index is 110. The van der Waals surface area contributed by atoms with Crippen LogP contribution in [0.2, 0.25) is 0 Å². The molecule has 0 heterocycles. The average molecular weight is 186 g/mol. The summed E-state index contributed by atoms with van der Waals surface area (Å²) in [5.74, 6) is 1.61. The van der Waals surface area contributed by atoms with Gasteiger partial charge < -0.3 is 4.74 Å². The van der Waals surface area contributed by atoms with E-state index >= 15 is 0 Å². The summed E-state index contributed by atoms with van der Waals surface area (Å²) in [4.78, 5) is 0. The zero-order chi connectivity index (χ0) is 10.3. The maximum atomic E-state index is 5.47. The molecule has 0 aliphatic heterocycles. The van der Waals surface area contributed by atoms with Crippen molar-refractivity contribution in [2.45, 2.75) is 59.5 Å². The predicted molar refractivity (Wildman–Crippen MR) is 58.9 cm³/mol. The number of methoxy groups -OCH3 is 1. The molecular formula is C12H26O. The number of hydrogen-bond acceptors (Lipinski definition) is 1. The van der Waals surface area contributed by atoms with Crippen LogP contribution in [-0.2, 0) is 4.74 Å². The van der Waals surface area contributed by atoms with Crippen LogP contribution in [0.25, 0.3) is 0 Å². The van der Waals surface area contributed by atoms with E-state index in [0.717, 1.165) is 11.8 Å². The van der Waals surface area contributed by atoms with Gasteiger partial charge in [0.1, 0.15) is 0 Å². The van der Waals surface area contributed by atoms with Crippen molar-refractivity contribution >= 4 is 0 Å². The largest absolute Gasteiger partial charge is 0.381 e. The summed E-state index contributed by atoms with van der Waals surface area (Å²) in [5.41, 5.74) is 0. The maximum Gasteiger partial charge on any atom is 0.0601 e. The number of ether oxygens (including phenoxy) is 1. The van der Waals surface area contributed by atoms with Crippen LogP contribution in [0, 0.1) is 11.8 Å². The van der Waals surface area contributed by atoms with Crippen molar-refractivity contribution in [3.05, 3.63) is 0 Å². The van der Waals surface area contributed by atoms with Gasteiger partial charge >= 0.3 is 0 Å². The summed E-state index contributed by atoms with van der Waals surface area (Å²) in [6, 6.07) is 0. The van der Waals surface area contributed by atoms with Crippen molar-refractivity contribution in [2.75, 3.05) is 7.11 Å². The molecule has 1 nitrogen and oxygen atoms in total.